The van der Waals surface area contributed by atoms with Gasteiger partial charge in [-0.1, -0.05) is 104 Å². The smallest absolute Gasteiger partial charge is 0.308 e. The topological polar surface area (TPSA) is 85.6 Å². The van der Waals surface area contributed by atoms with Gasteiger partial charge in [0, 0.05) is 44.9 Å². The molecule has 5 rings (SSSR count). The van der Waals surface area contributed by atoms with Gasteiger partial charge in [0.25, 0.3) is 0 Å². The van der Waals surface area contributed by atoms with Crippen molar-refractivity contribution in [2.24, 2.45) is 0 Å². The molecule has 1 fully saturated rings. The van der Waals surface area contributed by atoms with Gasteiger partial charge in [-0.25, -0.2) is 14.4 Å². The van der Waals surface area contributed by atoms with E-state index in [0.717, 1.165) is 87.0 Å². The Morgan fingerprint density at radius 3 is 2.07 bits per heavy atom. The van der Waals surface area contributed by atoms with Gasteiger partial charge in [-0.3, -0.25) is 4.79 Å². The molecule has 0 atom stereocenters. The number of anilines is 2. The molecule has 0 saturated carbocycles. The SMILES string of the molecule is CC/C=C\C/C=C\C/C=C\C/C=C\C/C=C\C/C=C/CCC(=O)OCOc1ccnc(N(C)C2CCN(c3nc4ccccc4n3Cc3ccc(F)cc3)CC2)n1. The average Bonchev–Trinajstić information content (AvgIpc) is 3.60. The summed E-state index contributed by atoms with van der Waals surface area (Å²) in [6.07, 6.45) is 36.0. The highest BCUT2D eigenvalue weighted by Crippen LogP contribution is 2.28. The van der Waals surface area contributed by atoms with Crippen LogP contribution in [0, 0.1) is 5.82 Å². The number of benzene rings is 2. The molecule has 0 bridgehead atoms. The summed E-state index contributed by atoms with van der Waals surface area (Å²) in [5, 5.41) is 0. The summed E-state index contributed by atoms with van der Waals surface area (Å²) in [5.74, 6) is 1.26. The van der Waals surface area contributed by atoms with E-state index in [0.29, 0.717) is 24.8 Å². The van der Waals surface area contributed by atoms with Crippen LogP contribution in [0.1, 0.15) is 76.7 Å². The zero-order chi connectivity index (χ0) is 39.9. The number of allylic oxidation sites excluding steroid dienone is 12. The Morgan fingerprint density at radius 1 is 0.807 bits per heavy atom. The van der Waals surface area contributed by atoms with Crippen molar-refractivity contribution >= 4 is 28.9 Å². The first-order valence-electron chi connectivity index (χ1n) is 20.2. The van der Waals surface area contributed by atoms with Gasteiger partial charge in [0.05, 0.1) is 17.6 Å². The van der Waals surface area contributed by atoms with Gasteiger partial charge < -0.3 is 23.8 Å². The minimum Gasteiger partial charge on any atom is -0.440 e. The third-order valence-electron chi connectivity index (χ3n) is 9.65. The molecular weight excluding hydrogens is 716 g/mol. The van der Waals surface area contributed by atoms with E-state index in [1.54, 1.807) is 12.3 Å². The molecule has 0 spiro atoms. The molecule has 57 heavy (non-hydrogen) atoms. The second-order valence-electron chi connectivity index (χ2n) is 13.9. The molecule has 1 aliphatic heterocycles. The van der Waals surface area contributed by atoms with Crippen LogP contribution in [0.15, 0.2) is 134 Å². The third-order valence-corrected chi connectivity index (χ3v) is 9.65. The number of esters is 1. The largest absolute Gasteiger partial charge is 0.440 e. The van der Waals surface area contributed by atoms with Crippen molar-refractivity contribution in [1.82, 2.24) is 19.5 Å². The monoisotopic (exact) mass is 772 g/mol. The Balaban J connectivity index is 0.963. The minimum atomic E-state index is -0.320. The normalized spacial score (nSPS) is 14.2. The molecule has 0 aliphatic carbocycles. The second-order valence-corrected chi connectivity index (χ2v) is 13.9. The number of hydrogen-bond donors (Lipinski definition) is 0. The van der Waals surface area contributed by atoms with Crippen molar-refractivity contribution in [3.63, 3.8) is 0 Å². The standard InChI is InChI=1S/C47H57FN6O3/c1-3-4-5-6-7-8-9-10-11-12-13-14-15-16-17-18-19-20-21-26-45(55)57-38-56-44-31-34-49-46(51-44)52(2)41-32-35-53(36-33-41)47-50-42-24-22-23-25-43(42)54(47)37-39-27-29-40(48)30-28-39/h4-5,7-8,10-11,13-14,16-17,19-20,22-25,27-31,34,41H,3,6,9,12,15,18,21,26,32-33,35-38H2,1-2H3/b5-4-,8-7-,11-10-,14-13-,17-16-,20-19+. The summed E-state index contributed by atoms with van der Waals surface area (Å²) < 4.78 is 26.8. The van der Waals surface area contributed by atoms with Crippen molar-refractivity contribution in [2.45, 2.75) is 83.7 Å². The van der Waals surface area contributed by atoms with Crippen molar-refractivity contribution in [3.8, 4) is 5.88 Å². The predicted octanol–water partition coefficient (Wildman–Crippen LogP) is 10.5. The van der Waals surface area contributed by atoms with E-state index in [-0.39, 0.29) is 31.0 Å². The molecule has 1 saturated heterocycles. The fraction of sp³-hybridized carbons (Fsp3) is 0.362. The van der Waals surface area contributed by atoms with E-state index in [1.165, 1.54) is 12.1 Å². The first kappa shape index (κ1) is 42.4. The van der Waals surface area contributed by atoms with Crippen molar-refractivity contribution in [1.29, 1.82) is 0 Å². The summed E-state index contributed by atoms with van der Waals surface area (Å²) in [4.78, 5) is 30.8. The maximum absolute atomic E-state index is 13.6. The lowest BCUT2D eigenvalue weighted by Gasteiger charge is -2.37. The highest BCUT2D eigenvalue weighted by atomic mass is 19.1. The summed E-state index contributed by atoms with van der Waals surface area (Å²) in [5.41, 5.74) is 3.01. The number of fused-ring (bicyclic) bond motifs is 1. The van der Waals surface area contributed by atoms with E-state index in [4.69, 9.17) is 14.5 Å². The van der Waals surface area contributed by atoms with Gasteiger partial charge in [0.15, 0.2) is 0 Å². The fourth-order valence-electron chi connectivity index (χ4n) is 6.50. The summed E-state index contributed by atoms with van der Waals surface area (Å²) in [7, 11) is 2.00. The molecule has 3 heterocycles. The Hall–Kier alpha value is -5.77. The lowest BCUT2D eigenvalue weighted by atomic mass is 10.0. The van der Waals surface area contributed by atoms with Crippen LogP contribution in [-0.4, -0.2) is 58.5 Å². The first-order valence-corrected chi connectivity index (χ1v) is 20.2. The summed E-state index contributed by atoms with van der Waals surface area (Å²) in [6.45, 7) is 4.17. The Bertz CT molecular complexity index is 1990. The molecule has 9 nitrogen and oxygen atoms in total. The van der Waals surface area contributed by atoms with E-state index < -0.39 is 0 Å². The first-order chi connectivity index (χ1) is 28.0. The lowest BCUT2D eigenvalue weighted by molar-refractivity contribution is -0.150. The molecule has 2 aromatic carbocycles. The molecule has 0 N–H and O–H groups in total. The molecule has 0 amide bonds. The Morgan fingerprint density at radius 2 is 1.42 bits per heavy atom. The molecule has 2 aromatic heterocycles. The number of hydrogen-bond acceptors (Lipinski definition) is 8. The van der Waals surface area contributed by atoms with Crippen LogP contribution in [0.5, 0.6) is 5.88 Å². The van der Waals surface area contributed by atoms with Gasteiger partial charge in [0.2, 0.25) is 24.6 Å². The Labute approximate surface area is 337 Å². The molecule has 10 heteroatoms. The van der Waals surface area contributed by atoms with Crippen LogP contribution in [0.4, 0.5) is 16.3 Å². The number of carbonyl (C=O) groups excluding carboxylic acids is 1. The highest BCUT2D eigenvalue weighted by Gasteiger charge is 2.27. The summed E-state index contributed by atoms with van der Waals surface area (Å²) >= 11 is 0. The van der Waals surface area contributed by atoms with Crippen LogP contribution in [-0.2, 0) is 16.1 Å². The molecule has 4 aromatic rings. The number of nitrogens with zero attached hydrogens (tertiary/aromatic N) is 6. The van der Waals surface area contributed by atoms with Crippen LogP contribution in [0.3, 0.4) is 0 Å². The highest BCUT2D eigenvalue weighted by molar-refractivity contribution is 5.79. The number of aromatic nitrogens is 4. The van der Waals surface area contributed by atoms with E-state index in [2.05, 4.69) is 104 Å². The Kier molecular flexibility index (Phi) is 17.8. The number of ether oxygens (including phenoxy) is 2. The van der Waals surface area contributed by atoms with Gasteiger partial charge in [-0.05, 0) is 87.6 Å². The van der Waals surface area contributed by atoms with Crippen LogP contribution >= 0.6 is 0 Å². The van der Waals surface area contributed by atoms with Gasteiger partial charge in [0.1, 0.15) is 5.82 Å². The minimum absolute atomic E-state index is 0.208. The number of carbonyl (C=O) groups is 1. The lowest BCUT2D eigenvalue weighted by Crippen LogP contribution is -2.44. The number of rotatable bonds is 22. The van der Waals surface area contributed by atoms with Gasteiger partial charge in [-0.15, -0.1) is 0 Å². The number of para-hydroxylation sites is 2. The second kappa shape index (κ2) is 24.0. The molecule has 1 aliphatic rings. The van der Waals surface area contributed by atoms with Crippen LogP contribution < -0.4 is 14.5 Å². The van der Waals surface area contributed by atoms with Crippen molar-refractivity contribution in [2.75, 3.05) is 36.7 Å². The maximum Gasteiger partial charge on any atom is 0.308 e. The number of piperidine rings is 1. The summed E-state index contributed by atoms with van der Waals surface area (Å²) in [6, 6.07) is 16.7. The van der Waals surface area contributed by atoms with Crippen LogP contribution in [0.25, 0.3) is 11.0 Å². The van der Waals surface area contributed by atoms with Crippen molar-refractivity contribution < 1.29 is 18.7 Å². The molecule has 0 unspecified atom stereocenters. The van der Waals surface area contributed by atoms with Crippen molar-refractivity contribution in [3.05, 3.63) is 145 Å². The zero-order valence-corrected chi connectivity index (χ0v) is 33.5. The predicted molar refractivity (Wildman–Crippen MR) is 230 cm³/mol. The fourth-order valence-corrected chi connectivity index (χ4v) is 6.50. The number of halogens is 1. The van der Waals surface area contributed by atoms with Gasteiger partial charge >= 0.3 is 5.97 Å². The average molecular weight is 773 g/mol. The van der Waals surface area contributed by atoms with E-state index in [1.807, 2.05) is 43.5 Å². The third kappa shape index (κ3) is 14.4. The maximum atomic E-state index is 13.6. The molecule has 300 valence electrons. The van der Waals surface area contributed by atoms with E-state index >= 15 is 0 Å². The van der Waals surface area contributed by atoms with Crippen LogP contribution in [0.2, 0.25) is 0 Å². The molecular formula is C47H57FN6O3. The zero-order valence-electron chi connectivity index (χ0n) is 33.5. The van der Waals surface area contributed by atoms with Gasteiger partial charge in [-0.2, -0.15) is 4.98 Å². The van der Waals surface area contributed by atoms with E-state index in [9.17, 15) is 9.18 Å². The molecule has 0 radical (unpaired) electrons. The number of imidazole rings is 1. The quantitative estimate of drug-likeness (QED) is 0.0443.